The summed E-state index contributed by atoms with van der Waals surface area (Å²) in [5, 5.41) is 14.2. The molecule has 2 heterocycles. The first-order chi connectivity index (χ1) is 19.5. The van der Waals surface area contributed by atoms with E-state index >= 15 is 0 Å². The van der Waals surface area contributed by atoms with Gasteiger partial charge in [0.2, 0.25) is 5.91 Å². The molecule has 1 unspecified atom stereocenters. The van der Waals surface area contributed by atoms with Crippen LogP contribution in [0.2, 0.25) is 0 Å². The van der Waals surface area contributed by atoms with E-state index in [2.05, 4.69) is 53.6 Å². The largest absolute Gasteiger partial charge is 0.496 e. The number of benzene rings is 4. The molecule has 0 spiro atoms. The molecule has 40 heavy (non-hydrogen) atoms. The number of aromatic amines is 1. The van der Waals surface area contributed by atoms with Gasteiger partial charge in [-0.1, -0.05) is 78.9 Å². The highest BCUT2D eigenvalue weighted by Crippen LogP contribution is 2.48. The number of hydrogen-bond donors (Lipinski definition) is 1. The Hall–Kier alpha value is -4.56. The zero-order valence-electron chi connectivity index (χ0n) is 22.9. The van der Waals surface area contributed by atoms with Crippen molar-refractivity contribution < 1.29 is 9.53 Å². The molecule has 4 aromatic carbocycles. The molecule has 5 heteroatoms. The fraction of sp³-hybridized carbons (Fsp3) is 0.257. The number of carbonyl (C=O) groups excluding carboxylic acids is 1. The highest BCUT2D eigenvalue weighted by molar-refractivity contribution is 5.92. The molecule has 5 nitrogen and oxygen atoms in total. The molecule has 0 radical (unpaired) electrons. The zero-order valence-corrected chi connectivity index (χ0v) is 22.9. The molecule has 0 bridgehead atoms. The van der Waals surface area contributed by atoms with Crippen LogP contribution in [0.3, 0.4) is 0 Å². The van der Waals surface area contributed by atoms with Crippen molar-refractivity contribution in [3.63, 3.8) is 0 Å². The van der Waals surface area contributed by atoms with Gasteiger partial charge in [0.1, 0.15) is 11.2 Å². The first-order valence-electron chi connectivity index (χ1n) is 13.9. The number of aromatic nitrogens is 1. The van der Waals surface area contributed by atoms with E-state index in [4.69, 9.17) is 4.74 Å². The van der Waals surface area contributed by atoms with E-state index in [1.165, 1.54) is 10.9 Å². The molecule has 2 atom stereocenters. The summed E-state index contributed by atoms with van der Waals surface area (Å²) in [5.41, 5.74) is 2.91. The standard InChI is InChI=1S/C35H33N3O2/c1-35(23-36,34(39)38-20-18-25(19-21-38)30-22-37-31-16-7-5-13-27(30)31)33(29-14-6-8-17-32(29)40-2)28-15-9-11-24-10-3-4-12-26(24)28/h3-17,22,25,33,37H,18-21H2,1-2H3/t33?,35-/m1/s1. The normalized spacial score (nSPS) is 16.4. The molecular formula is C35H33N3O2. The van der Waals surface area contributed by atoms with E-state index in [1.807, 2.05) is 59.5 Å². The summed E-state index contributed by atoms with van der Waals surface area (Å²) in [6, 6.07) is 32.9. The number of H-pyrrole nitrogens is 1. The van der Waals surface area contributed by atoms with Crippen molar-refractivity contribution in [2.45, 2.75) is 31.6 Å². The van der Waals surface area contributed by atoms with Gasteiger partial charge in [0.15, 0.2) is 0 Å². The number of rotatable bonds is 6. The molecule has 1 fully saturated rings. The lowest BCUT2D eigenvalue weighted by atomic mass is 9.68. The molecular weight excluding hydrogens is 494 g/mol. The van der Waals surface area contributed by atoms with Crippen LogP contribution in [0.25, 0.3) is 21.7 Å². The van der Waals surface area contributed by atoms with E-state index in [0.717, 1.165) is 40.3 Å². The number of piperidine rings is 1. The number of nitrogens with one attached hydrogen (secondary N) is 1. The van der Waals surface area contributed by atoms with Crippen molar-refractivity contribution in [1.29, 1.82) is 5.26 Å². The van der Waals surface area contributed by atoms with Gasteiger partial charge in [0, 0.05) is 41.7 Å². The molecule has 1 aromatic heterocycles. The highest BCUT2D eigenvalue weighted by Gasteiger charge is 2.47. The molecule has 5 aromatic rings. The Labute approximate surface area is 235 Å². The Kier molecular flexibility index (Phi) is 6.77. The summed E-state index contributed by atoms with van der Waals surface area (Å²) < 4.78 is 5.78. The highest BCUT2D eigenvalue weighted by atomic mass is 16.5. The summed E-state index contributed by atoms with van der Waals surface area (Å²) in [7, 11) is 1.64. The topological polar surface area (TPSA) is 69.1 Å². The number of carbonyl (C=O) groups is 1. The Morgan fingerprint density at radius 2 is 1.57 bits per heavy atom. The Morgan fingerprint density at radius 3 is 2.35 bits per heavy atom. The maximum atomic E-state index is 14.4. The number of methoxy groups -OCH3 is 1. The molecule has 1 aliphatic rings. The summed E-state index contributed by atoms with van der Waals surface area (Å²) in [6.45, 7) is 3.04. The number of para-hydroxylation sites is 2. The van der Waals surface area contributed by atoms with Crippen LogP contribution in [-0.4, -0.2) is 36.0 Å². The minimum Gasteiger partial charge on any atom is -0.496 e. The van der Waals surface area contributed by atoms with Crippen LogP contribution in [-0.2, 0) is 4.79 Å². The minimum atomic E-state index is -1.34. The number of hydrogen-bond acceptors (Lipinski definition) is 3. The number of nitrogens with zero attached hydrogens (tertiary/aromatic N) is 2. The van der Waals surface area contributed by atoms with E-state index < -0.39 is 11.3 Å². The third-order valence-corrected chi connectivity index (χ3v) is 8.68. The lowest BCUT2D eigenvalue weighted by molar-refractivity contribution is -0.140. The molecule has 200 valence electrons. The molecule has 0 saturated carbocycles. The average molecular weight is 528 g/mol. The van der Waals surface area contributed by atoms with Gasteiger partial charge >= 0.3 is 0 Å². The minimum absolute atomic E-state index is 0.129. The van der Waals surface area contributed by atoms with Gasteiger partial charge in [-0.2, -0.15) is 5.26 Å². The van der Waals surface area contributed by atoms with Gasteiger partial charge in [0.05, 0.1) is 13.2 Å². The lowest BCUT2D eigenvalue weighted by Gasteiger charge is -2.39. The number of nitriles is 1. The third kappa shape index (κ3) is 4.30. The number of amides is 1. The molecule has 1 N–H and O–H groups in total. The van der Waals surface area contributed by atoms with Gasteiger partial charge < -0.3 is 14.6 Å². The SMILES string of the molecule is COc1ccccc1C(c1cccc2ccccc12)[C@@](C)(C#N)C(=O)N1CCC(c2c[nH]c3ccccc23)CC1. The van der Waals surface area contributed by atoms with Crippen molar-refractivity contribution in [3.05, 3.63) is 114 Å². The second-order valence-electron chi connectivity index (χ2n) is 10.9. The summed E-state index contributed by atoms with van der Waals surface area (Å²) >= 11 is 0. The Bertz CT molecular complexity index is 1720. The maximum absolute atomic E-state index is 14.4. The molecule has 1 saturated heterocycles. The quantitative estimate of drug-likeness (QED) is 0.250. The van der Waals surface area contributed by atoms with Crippen LogP contribution in [0.1, 0.15) is 48.3 Å². The van der Waals surface area contributed by atoms with Crippen LogP contribution in [0, 0.1) is 16.7 Å². The number of fused-ring (bicyclic) bond motifs is 2. The van der Waals surface area contributed by atoms with Crippen molar-refractivity contribution in [1.82, 2.24) is 9.88 Å². The second kappa shape index (κ2) is 10.5. The predicted molar refractivity (Wildman–Crippen MR) is 159 cm³/mol. The molecule has 6 rings (SSSR count). The predicted octanol–water partition coefficient (Wildman–Crippen LogP) is 7.40. The van der Waals surface area contributed by atoms with E-state index in [9.17, 15) is 10.1 Å². The van der Waals surface area contributed by atoms with Gasteiger partial charge in [0.25, 0.3) is 0 Å². The number of likely N-dealkylation sites (tertiary alicyclic amines) is 1. The van der Waals surface area contributed by atoms with E-state index in [0.29, 0.717) is 24.8 Å². The van der Waals surface area contributed by atoms with Crippen molar-refractivity contribution >= 4 is 27.6 Å². The van der Waals surface area contributed by atoms with Gasteiger partial charge in [-0.15, -0.1) is 0 Å². The van der Waals surface area contributed by atoms with Gasteiger partial charge in [-0.3, -0.25) is 4.79 Å². The Balaban J connectivity index is 1.37. The van der Waals surface area contributed by atoms with Gasteiger partial charge in [-0.25, -0.2) is 0 Å². The van der Waals surface area contributed by atoms with Crippen LogP contribution in [0.15, 0.2) is 97.2 Å². The van der Waals surface area contributed by atoms with E-state index in [1.54, 1.807) is 14.0 Å². The fourth-order valence-electron chi connectivity index (χ4n) is 6.59. The third-order valence-electron chi connectivity index (χ3n) is 8.68. The van der Waals surface area contributed by atoms with Crippen LogP contribution in [0.5, 0.6) is 5.75 Å². The molecule has 1 aliphatic heterocycles. The maximum Gasteiger partial charge on any atom is 0.243 e. The first kappa shape index (κ1) is 25.7. The average Bonchev–Trinajstić information content (AvgIpc) is 3.45. The monoisotopic (exact) mass is 527 g/mol. The summed E-state index contributed by atoms with van der Waals surface area (Å²) in [6.07, 6.45) is 3.84. The molecule has 0 aliphatic carbocycles. The summed E-state index contributed by atoms with van der Waals surface area (Å²) in [4.78, 5) is 19.7. The summed E-state index contributed by atoms with van der Waals surface area (Å²) in [5.74, 6) is 0.402. The van der Waals surface area contributed by atoms with Crippen molar-refractivity contribution in [3.8, 4) is 11.8 Å². The van der Waals surface area contributed by atoms with E-state index in [-0.39, 0.29) is 5.91 Å². The first-order valence-corrected chi connectivity index (χ1v) is 13.9. The smallest absolute Gasteiger partial charge is 0.243 e. The van der Waals surface area contributed by atoms with Crippen LogP contribution >= 0.6 is 0 Å². The fourth-order valence-corrected chi connectivity index (χ4v) is 6.59. The Morgan fingerprint density at radius 1 is 0.925 bits per heavy atom. The second-order valence-corrected chi connectivity index (χ2v) is 10.9. The van der Waals surface area contributed by atoms with Gasteiger partial charge in [-0.05, 0) is 59.7 Å². The molecule has 1 amide bonds. The van der Waals surface area contributed by atoms with Crippen molar-refractivity contribution in [2.75, 3.05) is 20.2 Å². The van der Waals surface area contributed by atoms with Crippen LogP contribution < -0.4 is 4.74 Å². The number of ether oxygens (including phenoxy) is 1. The van der Waals surface area contributed by atoms with Crippen molar-refractivity contribution in [2.24, 2.45) is 5.41 Å². The zero-order chi connectivity index (χ0) is 27.7. The lowest BCUT2D eigenvalue weighted by Crippen LogP contribution is -2.48. The van der Waals surface area contributed by atoms with Crippen LogP contribution in [0.4, 0.5) is 0 Å².